The molecule has 0 aliphatic rings. The number of nitrogens with two attached hydrogens (primary N) is 1. The van der Waals surface area contributed by atoms with Crippen LogP contribution in [-0.2, 0) is 0 Å². The minimum absolute atomic E-state index is 0.187. The second-order valence-corrected chi connectivity index (χ2v) is 7.64. The Bertz CT molecular complexity index is 392. The Hall–Kier alpha value is -0.380. The molecule has 1 aromatic rings. The topological polar surface area (TPSA) is 29.3 Å². The van der Waals surface area contributed by atoms with Gasteiger partial charge in [0.2, 0.25) is 0 Å². The molecule has 1 rings (SSSR count). The quantitative estimate of drug-likeness (QED) is 0.877. The van der Waals surface area contributed by atoms with Gasteiger partial charge in [0.15, 0.2) is 0 Å². The van der Waals surface area contributed by atoms with Gasteiger partial charge in [-0.2, -0.15) is 0 Å². The van der Waals surface area contributed by atoms with E-state index >= 15 is 0 Å². The van der Waals surface area contributed by atoms with Crippen LogP contribution in [0.25, 0.3) is 0 Å². The average Bonchev–Trinajstić information content (AvgIpc) is 2.73. The predicted octanol–water partition coefficient (Wildman–Crippen LogP) is 4.20. The van der Waals surface area contributed by atoms with Crippen LogP contribution in [0, 0.1) is 12.3 Å². The lowest BCUT2D eigenvalue weighted by Crippen LogP contribution is -2.47. The van der Waals surface area contributed by atoms with Gasteiger partial charge in [0.1, 0.15) is 0 Å². The number of aryl methyl sites for hydroxylation is 1. The van der Waals surface area contributed by atoms with Crippen LogP contribution in [0.3, 0.4) is 0 Å². The van der Waals surface area contributed by atoms with Gasteiger partial charge in [-0.15, -0.1) is 11.3 Å². The highest BCUT2D eigenvalue weighted by Crippen LogP contribution is 2.35. The van der Waals surface area contributed by atoms with Gasteiger partial charge in [-0.05, 0) is 49.7 Å². The number of nitrogens with zero attached hydrogens (tertiary/aromatic N) is 1. The van der Waals surface area contributed by atoms with Gasteiger partial charge in [0, 0.05) is 17.0 Å². The van der Waals surface area contributed by atoms with Crippen molar-refractivity contribution < 1.29 is 0 Å². The Morgan fingerprint density at radius 2 is 1.95 bits per heavy atom. The van der Waals surface area contributed by atoms with Crippen LogP contribution in [0.5, 0.6) is 0 Å². The molecule has 2 nitrogen and oxygen atoms in total. The summed E-state index contributed by atoms with van der Waals surface area (Å²) in [5, 5.41) is 2.18. The molecule has 0 fully saturated rings. The summed E-state index contributed by atoms with van der Waals surface area (Å²) in [6.07, 6.45) is 1.00. The third-order valence-corrected chi connectivity index (χ3v) is 5.44. The summed E-state index contributed by atoms with van der Waals surface area (Å²) < 4.78 is 0. The summed E-state index contributed by atoms with van der Waals surface area (Å²) in [5.74, 6) is 0. The van der Waals surface area contributed by atoms with Gasteiger partial charge >= 0.3 is 0 Å². The lowest BCUT2D eigenvalue weighted by Gasteiger charge is -2.42. The lowest BCUT2D eigenvalue weighted by atomic mass is 9.85. The standard InChI is InChI=1S/C16H30N2S/c1-8-13(17)14(15-11(2)9-10-19-15)18(7)12(3)16(4,5)6/h9-10,12-14H,8,17H2,1-7H3. The number of thiophene rings is 1. The number of hydrogen-bond acceptors (Lipinski definition) is 3. The monoisotopic (exact) mass is 282 g/mol. The molecule has 110 valence electrons. The van der Waals surface area contributed by atoms with Crippen molar-refractivity contribution in [3.05, 3.63) is 21.9 Å². The molecular weight excluding hydrogens is 252 g/mol. The van der Waals surface area contributed by atoms with Gasteiger partial charge in [-0.3, -0.25) is 4.90 Å². The van der Waals surface area contributed by atoms with Crippen LogP contribution in [0.4, 0.5) is 0 Å². The van der Waals surface area contributed by atoms with Gasteiger partial charge < -0.3 is 5.73 Å². The number of likely N-dealkylation sites (N-methyl/N-ethyl adjacent to an activating group) is 1. The molecule has 19 heavy (non-hydrogen) atoms. The van der Waals surface area contributed by atoms with Gasteiger partial charge in [-0.1, -0.05) is 27.7 Å². The molecule has 3 atom stereocenters. The van der Waals surface area contributed by atoms with Gasteiger partial charge in [0.05, 0.1) is 6.04 Å². The second kappa shape index (κ2) is 6.38. The van der Waals surface area contributed by atoms with Crippen molar-refractivity contribution in [2.75, 3.05) is 7.05 Å². The van der Waals surface area contributed by atoms with Crippen molar-refractivity contribution in [3.63, 3.8) is 0 Å². The van der Waals surface area contributed by atoms with Crippen molar-refractivity contribution >= 4 is 11.3 Å². The van der Waals surface area contributed by atoms with E-state index in [2.05, 4.69) is 64.9 Å². The van der Waals surface area contributed by atoms with Gasteiger partial charge in [-0.25, -0.2) is 0 Å². The Balaban J connectivity index is 3.09. The molecule has 0 saturated carbocycles. The smallest absolute Gasteiger partial charge is 0.0596 e. The first-order valence-electron chi connectivity index (χ1n) is 7.21. The summed E-state index contributed by atoms with van der Waals surface area (Å²) in [6, 6.07) is 3.19. The highest BCUT2D eigenvalue weighted by molar-refractivity contribution is 7.10. The first kappa shape index (κ1) is 16.7. The molecule has 3 unspecified atom stereocenters. The Morgan fingerprint density at radius 3 is 2.32 bits per heavy atom. The molecule has 2 N–H and O–H groups in total. The maximum atomic E-state index is 6.42. The predicted molar refractivity (Wildman–Crippen MR) is 86.7 cm³/mol. The summed E-state index contributed by atoms with van der Waals surface area (Å²) in [5.41, 5.74) is 8.05. The molecule has 0 saturated heterocycles. The first-order chi connectivity index (χ1) is 8.70. The molecule has 0 amide bonds. The minimum atomic E-state index is 0.187. The maximum absolute atomic E-state index is 6.42. The van der Waals surface area contributed by atoms with Crippen LogP contribution in [-0.4, -0.2) is 24.0 Å². The third kappa shape index (κ3) is 3.80. The van der Waals surface area contributed by atoms with E-state index in [0.717, 1.165) is 6.42 Å². The Kier molecular flexibility index (Phi) is 5.60. The van der Waals surface area contributed by atoms with Crippen molar-refractivity contribution in [2.45, 2.75) is 66.1 Å². The normalized spacial score (nSPS) is 17.5. The van der Waals surface area contributed by atoms with E-state index in [4.69, 9.17) is 5.73 Å². The zero-order valence-electron chi connectivity index (χ0n) is 13.5. The van der Waals surface area contributed by atoms with Crippen molar-refractivity contribution in [1.82, 2.24) is 4.90 Å². The molecule has 0 aromatic carbocycles. The molecule has 0 radical (unpaired) electrons. The molecule has 0 aliphatic carbocycles. The number of hydrogen-bond donors (Lipinski definition) is 1. The maximum Gasteiger partial charge on any atom is 0.0596 e. The summed E-state index contributed by atoms with van der Waals surface area (Å²) >= 11 is 1.84. The highest BCUT2D eigenvalue weighted by Gasteiger charge is 2.33. The molecular formula is C16H30N2S. The Labute approximate surface area is 123 Å². The zero-order chi connectivity index (χ0) is 14.8. The summed E-state index contributed by atoms with van der Waals surface area (Å²) in [4.78, 5) is 3.89. The highest BCUT2D eigenvalue weighted by atomic mass is 32.1. The van der Waals surface area contributed by atoms with E-state index in [-0.39, 0.29) is 11.5 Å². The first-order valence-corrected chi connectivity index (χ1v) is 8.09. The van der Waals surface area contributed by atoms with E-state index in [1.807, 2.05) is 11.3 Å². The molecule has 1 aromatic heterocycles. The van der Waals surface area contributed by atoms with Gasteiger partial charge in [0.25, 0.3) is 0 Å². The fourth-order valence-electron chi connectivity index (χ4n) is 2.44. The molecule has 1 heterocycles. The van der Waals surface area contributed by atoms with Crippen molar-refractivity contribution in [3.8, 4) is 0 Å². The van der Waals surface area contributed by atoms with Crippen LogP contribution < -0.4 is 5.73 Å². The third-order valence-electron chi connectivity index (χ3n) is 4.35. The fourth-order valence-corrected chi connectivity index (χ4v) is 3.60. The molecule has 0 bridgehead atoms. The number of rotatable bonds is 5. The van der Waals surface area contributed by atoms with Crippen LogP contribution in [0.15, 0.2) is 11.4 Å². The van der Waals surface area contributed by atoms with Crippen LogP contribution in [0.1, 0.15) is 57.5 Å². The average molecular weight is 282 g/mol. The van der Waals surface area contributed by atoms with E-state index in [1.165, 1.54) is 10.4 Å². The van der Waals surface area contributed by atoms with E-state index < -0.39 is 0 Å². The SMILES string of the molecule is CCC(N)C(c1sccc1C)N(C)C(C)C(C)(C)C. The van der Waals surface area contributed by atoms with E-state index in [0.29, 0.717) is 12.1 Å². The van der Waals surface area contributed by atoms with Crippen molar-refractivity contribution in [2.24, 2.45) is 11.1 Å². The van der Waals surface area contributed by atoms with Crippen LogP contribution in [0.2, 0.25) is 0 Å². The molecule has 0 spiro atoms. The fraction of sp³-hybridized carbons (Fsp3) is 0.750. The van der Waals surface area contributed by atoms with E-state index in [1.54, 1.807) is 0 Å². The van der Waals surface area contributed by atoms with Crippen molar-refractivity contribution in [1.29, 1.82) is 0 Å². The molecule has 0 aliphatic heterocycles. The largest absolute Gasteiger partial charge is 0.326 e. The summed E-state index contributed by atoms with van der Waals surface area (Å²) in [6.45, 7) is 13.6. The summed E-state index contributed by atoms with van der Waals surface area (Å²) in [7, 11) is 2.22. The van der Waals surface area contributed by atoms with E-state index in [9.17, 15) is 0 Å². The second-order valence-electron chi connectivity index (χ2n) is 6.69. The lowest BCUT2D eigenvalue weighted by molar-refractivity contribution is 0.0845. The minimum Gasteiger partial charge on any atom is -0.326 e. The van der Waals surface area contributed by atoms with Crippen LogP contribution >= 0.6 is 11.3 Å². The zero-order valence-corrected chi connectivity index (χ0v) is 14.3. The molecule has 3 heteroatoms. The Morgan fingerprint density at radius 1 is 1.37 bits per heavy atom.